The predicted molar refractivity (Wildman–Crippen MR) is 99.7 cm³/mol. The monoisotopic (exact) mass is 350 g/mol. The highest BCUT2D eigenvalue weighted by molar-refractivity contribution is 5.54. The summed E-state index contributed by atoms with van der Waals surface area (Å²) in [5.74, 6) is 2.75. The van der Waals surface area contributed by atoms with Gasteiger partial charge in [-0.3, -0.25) is 0 Å². The molecular formula is C19H22N6O. The zero-order valence-electron chi connectivity index (χ0n) is 14.8. The average molecular weight is 350 g/mol. The summed E-state index contributed by atoms with van der Waals surface area (Å²) >= 11 is 0. The van der Waals surface area contributed by atoms with Crippen molar-refractivity contribution in [1.82, 2.24) is 20.1 Å². The van der Waals surface area contributed by atoms with Gasteiger partial charge in [0.15, 0.2) is 0 Å². The summed E-state index contributed by atoms with van der Waals surface area (Å²) < 4.78 is 5.58. The second kappa shape index (κ2) is 7.11. The van der Waals surface area contributed by atoms with E-state index in [1.165, 1.54) is 0 Å². The van der Waals surface area contributed by atoms with Crippen LogP contribution in [0.4, 0.5) is 11.8 Å². The van der Waals surface area contributed by atoms with Crippen LogP contribution in [0.15, 0.2) is 41.1 Å². The molecule has 1 fully saturated rings. The SMILES string of the molecule is CCc1cnc(N)nc1N1CCCC(c2nc(-c3ccccc3)no2)C1. The molecule has 4 rings (SSSR count). The van der Waals surface area contributed by atoms with Crippen molar-refractivity contribution in [1.29, 1.82) is 0 Å². The maximum absolute atomic E-state index is 5.81. The van der Waals surface area contributed by atoms with Gasteiger partial charge in [-0.05, 0) is 19.3 Å². The minimum Gasteiger partial charge on any atom is -0.368 e. The van der Waals surface area contributed by atoms with Crippen LogP contribution in [-0.2, 0) is 6.42 Å². The molecule has 0 amide bonds. The van der Waals surface area contributed by atoms with Gasteiger partial charge in [-0.1, -0.05) is 42.4 Å². The van der Waals surface area contributed by atoms with Crippen LogP contribution >= 0.6 is 0 Å². The Morgan fingerprint density at radius 2 is 2.08 bits per heavy atom. The quantitative estimate of drug-likeness (QED) is 0.773. The molecule has 1 atom stereocenters. The zero-order valence-corrected chi connectivity index (χ0v) is 14.8. The van der Waals surface area contributed by atoms with Gasteiger partial charge in [-0.2, -0.15) is 9.97 Å². The van der Waals surface area contributed by atoms with E-state index in [0.29, 0.717) is 17.7 Å². The third kappa shape index (κ3) is 3.24. The Morgan fingerprint density at radius 3 is 2.88 bits per heavy atom. The fourth-order valence-electron chi connectivity index (χ4n) is 3.41. The number of benzene rings is 1. The van der Waals surface area contributed by atoms with Crippen molar-refractivity contribution < 1.29 is 4.52 Å². The third-order valence-electron chi connectivity index (χ3n) is 4.79. The van der Waals surface area contributed by atoms with E-state index in [0.717, 1.165) is 49.3 Å². The number of nitrogens with two attached hydrogens (primary N) is 1. The standard InChI is InChI=1S/C19H22N6O/c1-2-13-11-21-19(20)23-17(13)25-10-6-9-15(12-25)18-22-16(24-26-18)14-7-4-3-5-8-14/h3-5,7-8,11,15H,2,6,9-10,12H2,1H3,(H2,20,21,23). The van der Waals surface area contributed by atoms with Crippen molar-refractivity contribution in [2.45, 2.75) is 32.1 Å². The van der Waals surface area contributed by atoms with E-state index in [-0.39, 0.29) is 5.92 Å². The first-order valence-corrected chi connectivity index (χ1v) is 9.00. The van der Waals surface area contributed by atoms with Crippen LogP contribution in [-0.4, -0.2) is 33.2 Å². The average Bonchev–Trinajstić information content (AvgIpc) is 3.19. The second-order valence-electron chi connectivity index (χ2n) is 6.54. The number of hydrogen-bond acceptors (Lipinski definition) is 7. The lowest BCUT2D eigenvalue weighted by atomic mass is 9.97. The van der Waals surface area contributed by atoms with Gasteiger partial charge in [0.05, 0.1) is 5.92 Å². The van der Waals surface area contributed by atoms with E-state index in [2.05, 4.69) is 31.9 Å². The molecule has 1 aliphatic heterocycles. The Hall–Kier alpha value is -2.96. The van der Waals surface area contributed by atoms with Crippen LogP contribution in [0.3, 0.4) is 0 Å². The van der Waals surface area contributed by atoms with Gasteiger partial charge in [0.2, 0.25) is 17.7 Å². The summed E-state index contributed by atoms with van der Waals surface area (Å²) in [6, 6.07) is 9.89. The van der Waals surface area contributed by atoms with Crippen molar-refractivity contribution in [2.24, 2.45) is 0 Å². The normalized spacial score (nSPS) is 17.4. The number of piperidine rings is 1. The number of nitrogens with zero attached hydrogens (tertiary/aromatic N) is 5. The molecule has 1 aromatic carbocycles. The lowest BCUT2D eigenvalue weighted by Crippen LogP contribution is -2.36. The second-order valence-corrected chi connectivity index (χ2v) is 6.54. The maximum Gasteiger partial charge on any atom is 0.231 e. The Balaban J connectivity index is 1.56. The molecule has 3 aromatic rings. The molecule has 0 bridgehead atoms. The van der Waals surface area contributed by atoms with Gasteiger partial charge < -0.3 is 15.2 Å². The minimum absolute atomic E-state index is 0.189. The molecule has 0 saturated carbocycles. The number of nitrogen functional groups attached to an aromatic ring is 1. The molecule has 2 N–H and O–H groups in total. The topological polar surface area (TPSA) is 94.0 Å². The molecule has 1 aliphatic rings. The fourth-order valence-corrected chi connectivity index (χ4v) is 3.41. The molecule has 3 heterocycles. The Kier molecular flexibility index (Phi) is 4.51. The third-order valence-corrected chi connectivity index (χ3v) is 4.79. The minimum atomic E-state index is 0.189. The highest BCUT2D eigenvalue weighted by Crippen LogP contribution is 2.31. The van der Waals surface area contributed by atoms with E-state index in [4.69, 9.17) is 10.3 Å². The number of anilines is 2. The zero-order chi connectivity index (χ0) is 17.9. The van der Waals surface area contributed by atoms with Crippen molar-refractivity contribution >= 4 is 11.8 Å². The van der Waals surface area contributed by atoms with E-state index in [9.17, 15) is 0 Å². The first kappa shape index (κ1) is 16.5. The molecule has 0 radical (unpaired) electrons. The maximum atomic E-state index is 5.81. The summed E-state index contributed by atoms with van der Waals surface area (Å²) in [5.41, 5.74) is 7.88. The molecule has 1 unspecified atom stereocenters. The Labute approximate surface area is 152 Å². The van der Waals surface area contributed by atoms with Gasteiger partial charge >= 0.3 is 0 Å². The van der Waals surface area contributed by atoms with E-state index >= 15 is 0 Å². The fraction of sp³-hybridized carbons (Fsp3) is 0.368. The highest BCUT2D eigenvalue weighted by atomic mass is 16.5. The van der Waals surface area contributed by atoms with Crippen molar-refractivity contribution in [3.05, 3.63) is 48.0 Å². The molecular weight excluding hydrogens is 328 g/mol. The van der Waals surface area contributed by atoms with Crippen LogP contribution in [0.2, 0.25) is 0 Å². The van der Waals surface area contributed by atoms with E-state index < -0.39 is 0 Å². The molecule has 134 valence electrons. The largest absolute Gasteiger partial charge is 0.368 e. The first-order valence-electron chi connectivity index (χ1n) is 9.00. The van der Waals surface area contributed by atoms with Gasteiger partial charge in [0, 0.05) is 30.4 Å². The molecule has 0 spiro atoms. The molecule has 1 saturated heterocycles. The smallest absolute Gasteiger partial charge is 0.231 e. The van der Waals surface area contributed by atoms with E-state index in [1.807, 2.05) is 36.5 Å². The predicted octanol–water partition coefficient (Wildman–Crippen LogP) is 3.06. The number of rotatable bonds is 4. The number of aryl methyl sites for hydroxylation is 1. The van der Waals surface area contributed by atoms with Gasteiger partial charge in [0.1, 0.15) is 5.82 Å². The highest BCUT2D eigenvalue weighted by Gasteiger charge is 2.28. The van der Waals surface area contributed by atoms with Crippen LogP contribution in [0.1, 0.15) is 37.1 Å². The number of aromatic nitrogens is 4. The van der Waals surface area contributed by atoms with Gasteiger partial charge in [0.25, 0.3) is 0 Å². The van der Waals surface area contributed by atoms with Crippen molar-refractivity contribution in [2.75, 3.05) is 23.7 Å². The Bertz CT molecular complexity index is 879. The molecule has 26 heavy (non-hydrogen) atoms. The first-order chi connectivity index (χ1) is 12.7. The van der Waals surface area contributed by atoms with Gasteiger partial charge in [-0.25, -0.2) is 4.98 Å². The summed E-state index contributed by atoms with van der Waals surface area (Å²) in [6.45, 7) is 3.84. The number of hydrogen-bond donors (Lipinski definition) is 1. The van der Waals surface area contributed by atoms with Crippen LogP contribution < -0.4 is 10.6 Å². The van der Waals surface area contributed by atoms with E-state index in [1.54, 1.807) is 0 Å². The van der Waals surface area contributed by atoms with Gasteiger partial charge in [-0.15, -0.1) is 0 Å². The lowest BCUT2D eigenvalue weighted by Gasteiger charge is -2.33. The molecule has 7 nitrogen and oxygen atoms in total. The summed E-state index contributed by atoms with van der Waals surface area (Å²) in [4.78, 5) is 15.5. The molecule has 0 aliphatic carbocycles. The summed E-state index contributed by atoms with van der Waals surface area (Å²) in [6.07, 6.45) is 4.76. The van der Waals surface area contributed by atoms with Crippen LogP contribution in [0, 0.1) is 0 Å². The lowest BCUT2D eigenvalue weighted by molar-refractivity contribution is 0.333. The van der Waals surface area contributed by atoms with Crippen LogP contribution in [0.5, 0.6) is 0 Å². The van der Waals surface area contributed by atoms with Crippen molar-refractivity contribution in [3.8, 4) is 11.4 Å². The molecule has 2 aromatic heterocycles. The summed E-state index contributed by atoms with van der Waals surface area (Å²) in [5, 5.41) is 4.16. The molecule has 7 heteroatoms. The Morgan fingerprint density at radius 1 is 1.23 bits per heavy atom. The van der Waals surface area contributed by atoms with Crippen molar-refractivity contribution in [3.63, 3.8) is 0 Å². The summed E-state index contributed by atoms with van der Waals surface area (Å²) in [7, 11) is 0. The van der Waals surface area contributed by atoms with Crippen LogP contribution in [0.25, 0.3) is 11.4 Å².